The number of hydrogen-bond donors (Lipinski definition) is 1. The summed E-state index contributed by atoms with van der Waals surface area (Å²) in [5, 5.41) is 0. The van der Waals surface area contributed by atoms with Crippen LogP contribution in [0.5, 0.6) is 0 Å². The highest BCUT2D eigenvalue weighted by atomic mass is 32.2. The van der Waals surface area contributed by atoms with Crippen molar-refractivity contribution in [2.45, 2.75) is 49.0 Å². The van der Waals surface area contributed by atoms with Gasteiger partial charge in [-0.2, -0.15) is 0 Å². The maximum atomic E-state index is 12.8. The number of benzene rings is 1. The fraction of sp³-hybridized carbons (Fsp3) is 0.632. The molecule has 1 aromatic carbocycles. The van der Waals surface area contributed by atoms with Gasteiger partial charge in [0.1, 0.15) is 0 Å². The van der Waals surface area contributed by atoms with Gasteiger partial charge in [-0.3, -0.25) is 9.69 Å². The van der Waals surface area contributed by atoms with Gasteiger partial charge in [0.05, 0.1) is 4.90 Å². The summed E-state index contributed by atoms with van der Waals surface area (Å²) in [6.45, 7) is 2.57. The van der Waals surface area contributed by atoms with Crippen LogP contribution in [0.2, 0.25) is 0 Å². The normalized spacial score (nSPS) is 20.4. The quantitative estimate of drug-likeness (QED) is 0.822. The Labute approximate surface area is 156 Å². The Bertz CT molecular complexity index is 749. The molecule has 1 heterocycles. The molecule has 0 spiro atoms. The van der Waals surface area contributed by atoms with Crippen molar-refractivity contribution >= 4 is 15.9 Å². The van der Waals surface area contributed by atoms with Gasteiger partial charge in [0, 0.05) is 31.7 Å². The molecule has 0 unspecified atom stereocenters. The van der Waals surface area contributed by atoms with Gasteiger partial charge in [0.2, 0.25) is 10.0 Å². The van der Waals surface area contributed by atoms with Crippen LogP contribution in [-0.4, -0.2) is 63.4 Å². The number of sulfonamides is 1. The molecule has 1 saturated carbocycles. The third-order valence-corrected chi connectivity index (χ3v) is 7.10. The van der Waals surface area contributed by atoms with Crippen LogP contribution in [0.4, 0.5) is 0 Å². The molecule has 1 amide bonds. The lowest BCUT2D eigenvalue weighted by molar-refractivity contribution is 0.0827. The van der Waals surface area contributed by atoms with Crippen LogP contribution in [0.1, 0.15) is 48.9 Å². The van der Waals surface area contributed by atoms with E-state index in [-0.39, 0.29) is 16.3 Å². The van der Waals surface area contributed by atoms with Crippen LogP contribution in [0, 0.1) is 0 Å². The molecule has 7 heteroatoms. The van der Waals surface area contributed by atoms with E-state index < -0.39 is 10.0 Å². The molecule has 0 bridgehead atoms. The molecule has 6 nitrogen and oxygen atoms in total. The van der Waals surface area contributed by atoms with Crippen molar-refractivity contribution < 1.29 is 13.2 Å². The Balaban J connectivity index is 1.76. The zero-order valence-corrected chi connectivity index (χ0v) is 16.5. The summed E-state index contributed by atoms with van der Waals surface area (Å²) in [6, 6.07) is 6.27. The number of rotatable bonds is 6. The van der Waals surface area contributed by atoms with E-state index in [2.05, 4.69) is 9.62 Å². The highest BCUT2D eigenvalue weighted by Crippen LogP contribution is 2.37. The maximum Gasteiger partial charge on any atom is 0.253 e. The van der Waals surface area contributed by atoms with Gasteiger partial charge in [0.15, 0.2) is 0 Å². The van der Waals surface area contributed by atoms with Gasteiger partial charge in [-0.05, 0) is 57.0 Å². The Morgan fingerprint density at radius 1 is 1.15 bits per heavy atom. The fourth-order valence-corrected chi connectivity index (χ4v) is 5.36. The Kier molecular flexibility index (Phi) is 5.69. The fourth-order valence-electron chi connectivity index (χ4n) is 4.20. The summed E-state index contributed by atoms with van der Waals surface area (Å²) in [6.07, 6.45) is 6.81. The Morgan fingerprint density at radius 2 is 1.81 bits per heavy atom. The Morgan fingerprint density at radius 3 is 2.42 bits per heavy atom. The minimum Gasteiger partial charge on any atom is -0.345 e. The molecule has 1 aliphatic heterocycles. The Hall–Kier alpha value is -1.44. The van der Waals surface area contributed by atoms with Gasteiger partial charge in [-0.1, -0.05) is 18.9 Å². The summed E-state index contributed by atoms with van der Waals surface area (Å²) in [7, 11) is -0.336. The van der Waals surface area contributed by atoms with Crippen LogP contribution in [-0.2, 0) is 10.0 Å². The monoisotopic (exact) mass is 379 g/mol. The van der Waals surface area contributed by atoms with Crippen LogP contribution in [0.15, 0.2) is 29.2 Å². The molecule has 144 valence electrons. The van der Waals surface area contributed by atoms with E-state index in [0.29, 0.717) is 12.1 Å². The zero-order chi connectivity index (χ0) is 18.8. The van der Waals surface area contributed by atoms with E-state index in [1.54, 1.807) is 32.3 Å². The van der Waals surface area contributed by atoms with Gasteiger partial charge in [0.25, 0.3) is 5.91 Å². The first-order valence-corrected chi connectivity index (χ1v) is 10.9. The topological polar surface area (TPSA) is 69.7 Å². The van der Waals surface area contributed by atoms with Crippen molar-refractivity contribution in [1.82, 2.24) is 14.5 Å². The van der Waals surface area contributed by atoms with Crippen LogP contribution >= 0.6 is 0 Å². The second kappa shape index (κ2) is 7.66. The molecule has 3 rings (SSSR count). The second-order valence-electron chi connectivity index (χ2n) is 7.68. The number of nitrogens with zero attached hydrogens (tertiary/aromatic N) is 2. The van der Waals surface area contributed by atoms with Crippen LogP contribution in [0.25, 0.3) is 0 Å². The second-order valence-corrected chi connectivity index (χ2v) is 9.44. The van der Waals surface area contributed by atoms with E-state index >= 15 is 0 Å². The van der Waals surface area contributed by atoms with E-state index in [1.807, 2.05) is 0 Å². The van der Waals surface area contributed by atoms with Crippen LogP contribution in [0.3, 0.4) is 0 Å². The molecule has 1 aromatic rings. The first-order chi connectivity index (χ1) is 12.3. The maximum absolute atomic E-state index is 12.8. The summed E-state index contributed by atoms with van der Waals surface area (Å²) >= 11 is 0. The van der Waals surface area contributed by atoms with Crippen molar-refractivity contribution in [1.29, 1.82) is 0 Å². The first-order valence-electron chi connectivity index (χ1n) is 9.41. The molecule has 26 heavy (non-hydrogen) atoms. The number of likely N-dealkylation sites (tertiary alicyclic amines) is 1. The molecule has 2 aliphatic rings. The average Bonchev–Trinajstić information content (AvgIpc) is 3.31. The largest absolute Gasteiger partial charge is 0.345 e. The lowest BCUT2D eigenvalue weighted by Crippen LogP contribution is -2.52. The summed E-state index contributed by atoms with van der Waals surface area (Å²) < 4.78 is 28.5. The molecule has 0 radical (unpaired) electrons. The third kappa shape index (κ3) is 3.94. The van der Waals surface area contributed by atoms with E-state index in [4.69, 9.17) is 0 Å². The predicted molar refractivity (Wildman–Crippen MR) is 102 cm³/mol. The molecule has 1 saturated heterocycles. The molecule has 1 aliphatic carbocycles. The summed E-state index contributed by atoms with van der Waals surface area (Å²) in [4.78, 5) is 16.2. The molecular weight excluding hydrogens is 350 g/mol. The van der Waals surface area contributed by atoms with E-state index in [0.717, 1.165) is 38.8 Å². The molecule has 2 fully saturated rings. The van der Waals surface area contributed by atoms with E-state index in [1.165, 1.54) is 23.8 Å². The standard InChI is InChI=1S/C19H29N3O3S/c1-21(2)18(23)16-8-7-9-17(14-16)26(24,25)20-15-19(10-3-4-11-19)22-12-5-6-13-22/h7-9,14,20H,3-6,10-13,15H2,1-2H3. The van der Waals surface area contributed by atoms with Gasteiger partial charge >= 0.3 is 0 Å². The predicted octanol–water partition coefficient (Wildman–Crippen LogP) is 2.08. The average molecular weight is 380 g/mol. The van der Waals surface area contributed by atoms with Gasteiger partial charge < -0.3 is 4.90 Å². The molecule has 0 atom stereocenters. The van der Waals surface area contributed by atoms with Crippen LogP contribution < -0.4 is 4.72 Å². The van der Waals surface area contributed by atoms with Crippen molar-refractivity contribution in [3.05, 3.63) is 29.8 Å². The minimum absolute atomic E-state index is 0.0410. The smallest absolute Gasteiger partial charge is 0.253 e. The summed E-state index contributed by atoms with van der Waals surface area (Å²) in [5.41, 5.74) is 0.341. The van der Waals surface area contributed by atoms with E-state index in [9.17, 15) is 13.2 Å². The molecular formula is C19H29N3O3S. The van der Waals surface area contributed by atoms with Gasteiger partial charge in [-0.25, -0.2) is 13.1 Å². The first kappa shape index (κ1) is 19.3. The van der Waals surface area contributed by atoms with Gasteiger partial charge in [-0.15, -0.1) is 0 Å². The number of hydrogen-bond acceptors (Lipinski definition) is 4. The molecule has 1 N–H and O–H groups in total. The third-order valence-electron chi connectivity index (χ3n) is 5.70. The zero-order valence-electron chi connectivity index (χ0n) is 15.7. The lowest BCUT2D eigenvalue weighted by Gasteiger charge is -2.39. The minimum atomic E-state index is -3.64. The SMILES string of the molecule is CN(C)C(=O)c1cccc(S(=O)(=O)NCC2(N3CCCC3)CCCC2)c1. The highest BCUT2D eigenvalue weighted by Gasteiger charge is 2.41. The summed E-state index contributed by atoms with van der Waals surface area (Å²) in [5.74, 6) is -0.202. The van der Waals surface area contributed by atoms with Crippen molar-refractivity contribution in [3.63, 3.8) is 0 Å². The number of nitrogens with one attached hydrogen (secondary N) is 1. The highest BCUT2D eigenvalue weighted by molar-refractivity contribution is 7.89. The number of carbonyl (C=O) groups excluding carboxylic acids is 1. The van der Waals surface area contributed by atoms with Crippen molar-refractivity contribution in [3.8, 4) is 0 Å². The van der Waals surface area contributed by atoms with Crippen molar-refractivity contribution in [2.75, 3.05) is 33.7 Å². The van der Waals surface area contributed by atoms with Crippen molar-refractivity contribution in [2.24, 2.45) is 0 Å². The molecule has 0 aromatic heterocycles. The number of amides is 1. The number of carbonyl (C=O) groups is 1. The lowest BCUT2D eigenvalue weighted by atomic mass is 9.96.